The summed E-state index contributed by atoms with van der Waals surface area (Å²) in [5.41, 5.74) is 5.04. The Kier molecular flexibility index (Phi) is 8.00. The molecule has 0 fully saturated rings. The predicted octanol–water partition coefficient (Wildman–Crippen LogP) is 4.13. The van der Waals surface area contributed by atoms with Crippen LogP contribution in [0.4, 0.5) is 4.39 Å². The molecule has 10 heteroatoms. The van der Waals surface area contributed by atoms with Gasteiger partial charge in [-0.2, -0.15) is 4.39 Å². The molecule has 1 amide bonds. The molecule has 0 aliphatic heterocycles. The van der Waals surface area contributed by atoms with Crippen LogP contribution in [0.15, 0.2) is 54.5 Å². The number of carbonyl (C=O) groups excluding carboxylic acids is 1. The lowest BCUT2D eigenvalue weighted by Crippen LogP contribution is -2.22. The quantitative estimate of drug-likeness (QED) is 0.384. The zero-order chi connectivity index (χ0) is 27.2. The van der Waals surface area contributed by atoms with Crippen molar-refractivity contribution in [3.63, 3.8) is 0 Å². The summed E-state index contributed by atoms with van der Waals surface area (Å²) in [6.45, 7) is 1.64. The molecular formula is C28H26FN3O6. The molecular weight excluding hydrogens is 493 g/mol. The molecule has 1 aliphatic rings. The van der Waals surface area contributed by atoms with Gasteiger partial charge in [0.05, 0.1) is 20.6 Å². The maximum Gasteiger partial charge on any atom is 0.341 e. The first kappa shape index (κ1) is 26.3. The van der Waals surface area contributed by atoms with Gasteiger partial charge in [0, 0.05) is 36.8 Å². The molecule has 0 radical (unpaired) electrons. The second kappa shape index (κ2) is 11.5. The van der Waals surface area contributed by atoms with Crippen molar-refractivity contribution in [3.05, 3.63) is 82.7 Å². The van der Waals surface area contributed by atoms with Crippen LogP contribution < -0.4 is 19.5 Å². The van der Waals surface area contributed by atoms with Crippen LogP contribution in [0, 0.1) is 5.95 Å². The van der Waals surface area contributed by atoms with Crippen LogP contribution in [-0.2, 0) is 16.1 Å². The molecule has 3 aromatic rings. The monoisotopic (exact) mass is 519 g/mol. The lowest BCUT2D eigenvalue weighted by molar-refractivity contribution is -0.139. The average Bonchev–Trinajstić information content (AvgIpc) is 3.16. The van der Waals surface area contributed by atoms with E-state index in [0.717, 1.165) is 16.7 Å². The van der Waals surface area contributed by atoms with Crippen LogP contribution in [0.3, 0.4) is 0 Å². The number of fused-ring (bicyclic) bond motifs is 1. The maximum atomic E-state index is 14.2. The zero-order valence-corrected chi connectivity index (χ0v) is 21.1. The highest BCUT2D eigenvalue weighted by Crippen LogP contribution is 2.45. The molecule has 0 atom stereocenters. The number of nitrogens with one attached hydrogen (secondary N) is 1. The highest BCUT2D eigenvalue weighted by molar-refractivity contribution is 6.08. The van der Waals surface area contributed by atoms with E-state index in [4.69, 9.17) is 19.3 Å². The lowest BCUT2D eigenvalue weighted by atomic mass is 10.0. The van der Waals surface area contributed by atoms with Crippen molar-refractivity contribution < 1.29 is 33.3 Å². The molecule has 38 heavy (non-hydrogen) atoms. The Bertz CT molecular complexity index is 1410. The van der Waals surface area contributed by atoms with Crippen molar-refractivity contribution in [2.24, 2.45) is 0 Å². The fraction of sp³-hybridized carbons (Fsp3) is 0.214. The van der Waals surface area contributed by atoms with Crippen molar-refractivity contribution in [2.45, 2.75) is 19.9 Å². The Labute approximate surface area is 218 Å². The van der Waals surface area contributed by atoms with E-state index in [1.165, 1.54) is 26.5 Å². The van der Waals surface area contributed by atoms with Crippen molar-refractivity contribution in [1.29, 1.82) is 0 Å². The molecule has 2 N–H and O–H groups in total. The first-order valence-electron chi connectivity index (χ1n) is 11.6. The van der Waals surface area contributed by atoms with Gasteiger partial charge in [-0.05, 0) is 64.6 Å². The number of amides is 1. The summed E-state index contributed by atoms with van der Waals surface area (Å²) < 4.78 is 30.4. The van der Waals surface area contributed by atoms with Crippen LogP contribution in [-0.4, -0.2) is 47.8 Å². The molecule has 0 saturated heterocycles. The number of methoxy groups -OCH3 is 2. The number of rotatable bonds is 10. The van der Waals surface area contributed by atoms with Gasteiger partial charge in [-0.1, -0.05) is 6.07 Å². The van der Waals surface area contributed by atoms with Crippen molar-refractivity contribution >= 4 is 29.1 Å². The van der Waals surface area contributed by atoms with E-state index in [2.05, 4.69) is 15.3 Å². The minimum absolute atomic E-state index is 0.0817. The summed E-state index contributed by atoms with van der Waals surface area (Å²) in [5, 5.41) is 11.9. The second-order valence-electron chi connectivity index (χ2n) is 8.47. The van der Waals surface area contributed by atoms with Gasteiger partial charge < -0.3 is 24.6 Å². The van der Waals surface area contributed by atoms with Crippen LogP contribution in [0.2, 0.25) is 0 Å². The molecule has 2 aromatic heterocycles. The SMILES string of the molecule is COc1cc(/C=C2/C(C)=C(CC(=O)NCc3cccnc3)c3cnc(F)cc32)cc(OC)c1OCC(=O)O. The number of halogens is 1. The van der Waals surface area contributed by atoms with Gasteiger partial charge in [-0.25, -0.2) is 9.78 Å². The number of hydrogen-bond donors (Lipinski definition) is 2. The van der Waals surface area contributed by atoms with Gasteiger partial charge in [-0.15, -0.1) is 0 Å². The molecule has 0 unspecified atom stereocenters. The molecule has 9 nitrogen and oxygen atoms in total. The molecule has 1 aliphatic carbocycles. The fourth-order valence-electron chi connectivity index (χ4n) is 4.23. The number of ether oxygens (including phenoxy) is 3. The molecule has 0 spiro atoms. The summed E-state index contributed by atoms with van der Waals surface area (Å²) in [7, 11) is 2.86. The Morgan fingerprint density at radius 3 is 2.47 bits per heavy atom. The summed E-state index contributed by atoms with van der Waals surface area (Å²) in [6, 6.07) is 8.33. The van der Waals surface area contributed by atoms with Gasteiger partial charge in [0.2, 0.25) is 17.6 Å². The Morgan fingerprint density at radius 2 is 1.84 bits per heavy atom. The number of aromatic nitrogens is 2. The van der Waals surface area contributed by atoms with E-state index >= 15 is 0 Å². The number of allylic oxidation sites excluding steroid dienone is 2. The fourth-order valence-corrected chi connectivity index (χ4v) is 4.23. The standard InChI is InChI=1S/C28H26FN3O6/c1-16-19(7-18-8-23(36-2)28(24(9-18)37-3)38-15-27(34)35)21-10-25(29)31-14-22(21)20(16)11-26(33)32-13-17-5-4-6-30-12-17/h4-10,12,14H,11,13,15H2,1-3H3,(H,32,33)(H,34,35)/b19-7-. The maximum absolute atomic E-state index is 14.2. The third-order valence-corrected chi connectivity index (χ3v) is 6.03. The van der Waals surface area contributed by atoms with Crippen LogP contribution in [0.1, 0.15) is 35.6 Å². The van der Waals surface area contributed by atoms with E-state index < -0.39 is 18.5 Å². The first-order chi connectivity index (χ1) is 18.3. The highest BCUT2D eigenvalue weighted by Gasteiger charge is 2.27. The minimum Gasteiger partial charge on any atom is -0.493 e. The summed E-state index contributed by atoms with van der Waals surface area (Å²) >= 11 is 0. The third-order valence-electron chi connectivity index (χ3n) is 6.03. The van der Waals surface area contributed by atoms with Crippen molar-refractivity contribution in [3.8, 4) is 17.2 Å². The molecule has 1 aromatic carbocycles. The summed E-state index contributed by atoms with van der Waals surface area (Å²) in [5.74, 6) is -1.28. The Hall–Kier alpha value is -4.73. The molecule has 196 valence electrons. The van der Waals surface area contributed by atoms with E-state index in [1.54, 1.807) is 30.6 Å². The van der Waals surface area contributed by atoms with Gasteiger partial charge in [0.15, 0.2) is 18.1 Å². The van der Waals surface area contributed by atoms with E-state index in [-0.39, 0.29) is 29.6 Å². The summed E-state index contributed by atoms with van der Waals surface area (Å²) in [4.78, 5) is 31.6. The smallest absolute Gasteiger partial charge is 0.341 e. The van der Waals surface area contributed by atoms with Crippen LogP contribution in [0.5, 0.6) is 17.2 Å². The normalized spacial score (nSPS) is 13.3. The van der Waals surface area contributed by atoms with Gasteiger partial charge in [0.25, 0.3) is 0 Å². The number of carbonyl (C=O) groups is 2. The van der Waals surface area contributed by atoms with E-state index in [9.17, 15) is 14.0 Å². The van der Waals surface area contributed by atoms with Crippen molar-refractivity contribution in [1.82, 2.24) is 15.3 Å². The van der Waals surface area contributed by atoms with E-state index in [0.29, 0.717) is 28.8 Å². The minimum atomic E-state index is -1.14. The lowest BCUT2D eigenvalue weighted by Gasteiger charge is -2.15. The number of aliphatic carboxylic acids is 1. The first-order valence-corrected chi connectivity index (χ1v) is 11.6. The Morgan fingerprint density at radius 1 is 1.11 bits per heavy atom. The third kappa shape index (κ3) is 5.80. The number of nitrogens with zero attached hydrogens (tertiary/aromatic N) is 2. The number of hydrogen-bond acceptors (Lipinski definition) is 7. The van der Waals surface area contributed by atoms with Crippen LogP contribution >= 0.6 is 0 Å². The van der Waals surface area contributed by atoms with E-state index in [1.807, 2.05) is 19.1 Å². The van der Waals surface area contributed by atoms with Crippen LogP contribution in [0.25, 0.3) is 17.2 Å². The summed E-state index contributed by atoms with van der Waals surface area (Å²) in [6.07, 6.45) is 6.68. The molecule has 4 rings (SSSR count). The highest BCUT2D eigenvalue weighted by atomic mass is 19.1. The van der Waals surface area contributed by atoms with Gasteiger partial charge >= 0.3 is 5.97 Å². The average molecular weight is 520 g/mol. The topological polar surface area (TPSA) is 120 Å². The van der Waals surface area contributed by atoms with Gasteiger partial charge in [0.1, 0.15) is 0 Å². The predicted molar refractivity (Wildman–Crippen MR) is 138 cm³/mol. The number of carboxylic acids is 1. The largest absolute Gasteiger partial charge is 0.493 e. The number of pyridine rings is 2. The number of carboxylic acid groups (broad SMARTS) is 1. The molecule has 0 saturated carbocycles. The zero-order valence-electron chi connectivity index (χ0n) is 21.1. The van der Waals surface area contributed by atoms with Crippen molar-refractivity contribution in [2.75, 3.05) is 20.8 Å². The number of benzene rings is 1. The molecule has 2 heterocycles. The second-order valence-corrected chi connectivity index (χ2v) is 8.47. The molecule has 0 bridgehead atoms. The Balaban J connectivity index is 1.68. The van der Waals surface area contributed by atoms with Gasteiger partial charge in [-0.3, -0.25) is 9.78 Å².